The van der Waals surface area contributed by atoms with E-state index in [0.29, 0.717) is 5.75 Å². The Morgan fingerprint density at radius 1 is 1.50 bits per heavy atom. The SMILES string of the molecule is COc1ccc(CC[C@H](C)N)cc1O. The molecule has 1 aromatic rings. The maximum atomic E-state index is 9.50. The van der Waals surface area contributed by atoms with Crippen LogP contribution in [-0.2, 0) is 6.42 Å². The molecule has 0 radical (unpaired) electrons. The van der Waals surface area contributed by atoms with Gasteiger partial charge in [0.25, 0.3) is 0 Å². The molecule has 3 nitrogen and oxygen atoms in total. The molecule has 1 rings (SSSR count). The molecule has 78 valence electrons. The second kappa shape index (κ2) is 4.86. The van der Waals surface area contributed by atoms with E-state index in [0.717, 1.165) is 18.4 Å². The van der Waals surface area contributed by atoms with Crippen molar-refractivity contribution in [2.45, 2.75) is 25.8 Å². The Bertz CT molecular complexity index is 297. The highest BCUT2D eigenvalue weighted by Gasteiger charge is 2.03. The lowest BCUT2D eigenvalue weighted by Crippen LogP contribution is -2.15. The predicted molar refractivity (Wildman–Crippen MR) is 56.6 cm³/mol. The molecule has 0 saturated carbocycles. The highest BCUT2D eigenvalue weighted by atomic mass is 16.5. The largest absolute Gasteiger partial charge is 0.504 e. The zero-order valence-electron chi connectivity index (χ0n) is 8.66. The Balaban J connectivity index is 2.66. The smallest absolute Gasteiger partial charge is 0.160 e. The minimum atomic E-state index is 0.190. The highest BCUT2D eigenvalue weighted by molar-refractivity contribution is 5.41. The van der Waals surface area contributed by atoms with E-state index in [9.17, 15) is 5.11 Å². The van der Waals surface area contributed by atoms with Crippen LogP contribution in [0.25, 0.3) is 0 Å². The van der Waals surface area contributed by atoms with Gasteiger partial charge in [-0.25, -0.2) is 0 Å². The van der Waals surface area contributed by atoms with Gasteiger partial charge in [-0.15, -0.1) is 0 Å². The summed E-state index contributed by atoms with van der Waals surface area (Å²) in [6.45, 7) is 1.98. The van der Waals surface area contributed by atoms with Crippen molar-refractivity contribution in [2.24, 2.45) is 5.73 Å². The summed E-state index contributed by atoms with van der Waals surface area (Å²) < 4.78 is 4.95. The van der Waals surface area contributed by atoms with Gasteiger partial charge in [0.2, 0.25) is 0 Å². The van der Waals surface area contributed by atoms with Crippen molar-refractivity contribution in [3.63, 3.8) is 0 Å². The minimum Gasteiger partial charge on any atom is -0.504 e. The zero-order valence-corrected chi connectivity index (χ0v) is 8.66. The molecule has 0 aliphatic rings. The maximum Gasteiger partial charge on any atom is 0.160 e. The van der Waals surface area contributed by atoms with E-state index in [4.69, 9.17) is 10.5 Å². The Morgan fingerprint density at radius 3 is 2.71 bits per heavy atom. The number of phenols is 1. The van der Waals surface area contributed by atoms with Crippen LogP contribution in [0.4, 0.5) is 0 Å². The summed E-state index contributed by atoms with van der Waals surface area (Å²) in [5, 5.41) is 9.50. The first-order valence-electron chi connectivity index (χ1n) is 4.75. The molecule has 14 heavy (non-hydrogen) atoms. The summed E-state index contributed by atoms with van der Waals surface area (Å²) in [6.07, 6.45) is 1.81. The molecule has 0 aromatic heterocycles. The maximum absolute atomic E-state index is 9.50. The number of benzene rings is 1. The molecule has 1 aromatic carbocycles. The zero-order chi connectivity index (χ0) is 10.6. The van der Waals surface area contributed by atoms with Crippen molar-refractivity contribution < 1.29 is 9.84 Å². The molecule has 0 heterocycles. The Labute approximate surface area is 84.5 Å². The number of aryl methyl sites for hydroxylation is 1. The van der Waals surface area contributed by atoms with Gasteiger partial charge in [0.05, 0.1) is 7.11 Å². The second-order valence-corrected chi connectivity index (χ2v) is 3.52. The molecule has 0 spiro atoms. The molecule has 0 unspecified atom stereocenters. The van der Waals surface area contributed by atoms with Crippen molar-refractivity contribution in [1.82, 2.24) is 0 Å². The van der Waals surface area contributed by atoms with Gasteiger partial charge in [-0.2, -0.15) is 0 Å². The first kappa shape index (κ1) is 10.9. The minimum absolute atomic E-state index is 0.190. The van der Waals surface area contributed by atoms with Crippen LogP contribution in [0.15, 0.2) is 18.2 Å². The van der Waals surface area contributed by atoms with Gasteiger partial charge in [0, 0.05) is 6.04 Å². The van der Waals surface area contributed by atoms with E-state index in [1.165, 1.54) is 7.11 Å². The van der Waals surface area contributed by atoms with Crippen molar-refractivity contribution in [3.8, 4) is 11.5 Å². The number of hydrogen-bond donors (Lipinski definition) is 2. The second-order valence-electron chi connectivity index (χ2n) is 3.52. The lowest BCUT2D eigenvalue weighted by molar-refractivity contribution is 0.373. The lowest BCUT2D eigenvalue weighted by atomic mass is 10.1. The molecule has 1 atom stereocenters. The third kappa shape index (κ3) is 2.92. The molecule has 3 N–H and O–H groups in total. The fourth-order valence-corrected chi connectivity index (χ4v) is 1.29. The molecule has 0 fully saturated rings. The van der Waals surface area contributed by atoms with E-state index in [-0.39, 0.29) is 11.8 Å². The van der Waals surface area contributed by atoms with Gasteiger partial charge < -0.3 is 15.6 Å². The van der Waals surface area contributed by atoms with Gasteiger partial charge in [-0.1, -0.05) is 6.07 Å². The number of rotatable bonds is 4. The third-order valence-electron chi connectivity index (χ3n) is 2.13. The van der Waals surface area contributed by atoms with Crippen molar-refractivity contribution in [1.29, 1.82) is 0 Å². The number of nitrogens with two attached hydrogens (primary N) is 1. The van der Waals surface area contributed by atoms with Crippen LogP contribution in [0.1, 0.15) is 18.9 Å². The Morgan fingerprint density at radius 2 is 2.21 bits per heavy atom. The van der Waals surface area contributed by atoms with E-state index in [1.54, 1.807) is 12.1 Å². The normalized spacial score (nSPS) is 12.5. The van der Waals surface area contributed by atoms with Crippen LogP contribution in [-0.4, -0.2) is 18.3 Å². The van der Waals surface area contributed by atoms with Crippen LogP contribution in [0, 0.1) is 0 Å². The van der Waals surface area contributed by atoms with Crippen molar-refractivity contribution in [2.75, 3.05) is 7.11 Å². The summed E-state index contributed by atoms with van der Waals surface area (Å²) >= 11 is 0. The topological polar surface area (TPSA) is 55.5 Å². The van der Waals surface area contributed by atoms with E-state index >= 15 is 0 Å². The van der Waals surface area contributed by atoms with Crippen LogP contribution in [0.2, 0.25) is 0 Å². The van der Waals surface area contributed by atoms with Crippen LogP contribution in [0.5, 0.6) is 11.5 Å². The van der Waals surface area contributed by atoms with E-state index in [2.05, 4.69) is 0 Å². The summed E-state index contributed by atoms with van der Waals surface area (Å²) in [7, 11) is 1.54. The van der Waals surface area contributed by atoms with Gasteiger partial charge in [-0.3, -0.25) is 0 Å². The average Bonchev–Trinajstić information content (AvgIpc) is 2.15. The number of methoxy groups -OCH3 is 1. The Hall–Kier alpha value is -1.22. The van der Waals surface area contributed by atoms with Crippen LogP contribution in [0.3, 0.4) is 0 Å². The molecule has 0 aliphatic heterocycles. The monoisotopic (exact) mass is 195 g/mol. The number of phenolic OH excluding ortho intramolecular Hbond substituents is 1. The first-order valence-corrected chi connectivity index (χ1v) is 4.75. The summed E-state index contributed by atoms with van der Waals surface area (Å²) in [4.78, 5) is 0. The Kier molecular flexibility index (Phi) is 3.77. The number of aromatic hydroxyl groups is 1. The molecule has 0 saturated heterocycles. The van der Waals surface area contributed by atoms with Crippen molar-refractivity contribution >= 4 is 0 Å². The predicted octanol–water partition coefficient (Wildman–Crippen LogP) is 1.68. The number of hydrogen-bond acceptors (Lipinski definition) is 3. The quantitative estimate of drug-likeness (QED) is 0.768. The molecule has 3 heteroatoms. The fourth-order valence-electron chi connectivity index (χ4n) is 1.29. The van der Waals surface area contributed by atoms with E-state index < -0.39 is 0 Å². The van der Waals surface area contributed by atoms with Crippen LogP contribution < -0.4 is 10.5 Å². The van der Waals surface area contributed by atoms with E-state index in [1.807, 2.05) is 13.0 Å². The van der Waals surface area contributed by atoms with Gasteiger partial charge in [0.1, 0.15) is 0 Å². The molecule has 0 aliphatic carbocycles. The lowest BCUT2D eigenvalue weighted by Gasteiger charge is -2.07. The first-order chi connectivity index (χ1) is 6.63. The summed E-state index contributed by atoms with van der Waals surface area (Å²) in [5.41, 5.74) is 6.73. The summed E-state index contributed by atoms with van der Waals surface area (Å²) in [5.74, 6) is 0.698. The van der Waals surface area contributed by atoms with Gasteiger partial charge in [0.15, 0.2) is 11.5 Å². The highest BCUT2D eigenvalue weighted by Crippen LogP contribution is 2.26. The van der Waals surface area contributed by atoms with Gasteiger partial charge in [-0.05, 0) is 37.5 Å². The van der Waals surface area contributed by atoms with Crippen LogP contribution >= 0.6 is 0 Å². The average molecular weight is 195 g/mol. The fraction of sp³-hybridized carbons (Fsp3) is 0.455. The third-order valence-corrected chi connectivity index (χ3v) is 2.13. The molecule has 0 bridgehead atoms. The molecular formula is C11H17NO2. The molecular weight excluding hydrogens is 178 g/mol. The van der Waals surface area contributed by atoms with Gasteiger partial charge >= 0.3 is 0 Å². The molecule has 0 amide bonds. The van der Waals surface area contributed by atoms with Crippen molar-refractivity contribution in [3.05, 3.63) is 23.8 Å². The number of ether oxygens (including phenoxy) is 1. The summed E-state index contributed by atoms with van der Waals surface area (Å²) in [6, 6.07) is 5.63. The standard InChI is InChI=1S/C11H17NO2/c1-8(12)3-4-9-5-6-11(14-2)10(13)7-9/h5-8,13H,3-4,12H2,1-2H3/t8-/m0/s1.